The lowest BCUT2D eigenvalue weighted by Crippen LogP contribution is -2.42. The summed E-state index contributed by atoms with van der Waals surface area (Å²) in [5.74, 6) is -0.175. The highest BCUT2D eigenvalue weighted by Gasteiger charge is 2.22. The summed E-state index contributed by atoms with van der Waals surface area (Å²) in [4.78, 5) is 21.7. The molecule has 18 heavy (non-hydrogen) atoms. The molecule has 1 aromatic rings. The van der Waals surface area contributed by atoms with Gasteiger partial charge in [0.05, 0.1) is 12.8 Å². The van der Waals surface area contributed by atoms with Gasteiger partial charge in [-0.15, -0.1) is 0 Å². The van der Waals surface area contributed by atoms with E-state index in [0.717, 1.165) is 19.4 Å². The second-order valence-electron chi connectivity index (χ2n) is 4.36. The van der Waals surface area contributed by atoms with E-state index in [2.05, 4.69) is 15.3 Å². The van der Waals surface area contributed by atoms with Gasteiger partial charge in [-0.05, 0) is 19.4 Å². The van der Waals surface area contributed by atoms with Crippen LogP contribution in [-0.2, 0) is 0 Å². The van der Waals surface area contributed by atoms with Crippen molar-refractivity contribution in [3.63, 3.8) is 0 Å². The van der Waals surface area contributed by atoms with Crippen LogP contribution < -0.4 is 5.32 Å². The summed E-state index contributed by atoms with van der Waals surface area (Å²) >= 11 is 0. The van der Waals surface area contributed by atoms with Crippen molar-refractivity contribution < 1.29 is 9.90 Å². The van der Waals surface area contributed by atoms with Gasteiger partial charge in [-0.2, -0.15) is 0 Å². The molecule has 1 aromatic heterocycles. The van der Waals surface area contributed by atoms with E-state index in [1.807, 2.05) is 0 Å². The number of nitrogens with one attached hydrogen (secondary N) is 1. The van der Waals surface area contributed by atoms with Crippen LogP contribution in [0.1, 0.15) is 23.3 Å². The van der Waals surface area contributed by atoms with Crippen molar-refractivity contribution >= 4 is 5.91 Å². The van der Waals surface area contributed by atoms with Crippen LogP contribution in [-0.4, -0.2) is 58.2 Å². The highest BCUT2D eigenvalue weighted by Crippen LogP contribution is 2.09. The van der Waals surface area contributed by atoms with E-state index in [1.54, 1.807) is 4.90 Å². The molecule has 98 valence electrons. The lowest BCUT2D eigenvalue weighted by molar-refractivity contribution is 0.0700. The standard InChI is InChI=1S/C12H18N4O2/c17-7-6-16(9-10-2-1-3-14-10)12(18)11-8-13-4-5-15-11/h4-5,8,10,14,17H,1-3,6-7,9H2. The van der Waals surface area contributed by atoms with Gasteiger partial charge in [0.15, 0.2) is 0 Å². The van der Waals surface area contributed by atoms with E-state index in [9.17, 15) is 4.79 Å². The number of carbonyl (C=O) groups is 1. The summed E-state index contributed by atoms with van der Waals surface area (Å²) in [5, 5.41) is 12.4. The van der Waals surface area contributed by atoms with E-state index in [1.165, 1.54) is 18.6 Å². The molecule has 6 nitrogen and oxygen atoms in total. The smallest absolute Gasteiger partial charge is 0.274 e. The van der Waals surface area contributed by atoms with Gasteiger partial charge >= 0.3 is 0 Å². The third-order valence-corrected chi connectivity index (χ3v) is 3.04. The number of aliphatic hydroxyl groups excluding tert-OH is 1. The van der Waals surface area contributed by atoms with Crippen molar-refractivity contribution in [2.45, 2.75) is 18.9 Å². The Bertz CT molecular complexity index is 379. The molecule has 6 heteroatoms. The van der Waals surface area contributed by atoms with Crippen LogP contribution in [0.5, 0.6) is 0 Å². The summed E-state index contributed by atoms with van der Waals surface area (Å²) in [6.07, 6.45) is 6.69. The van der Waals surface area contributed by atoms with Crippen molar-refractivity contribution in [2.75, 3.05) is 26.2 Å². The van der Waals surface area contributed by atoms with Crippen molar-refractivity contribution in [3.05, 3.63) is 24.3 Å². The molecule has 1 aliphatic rings. The van der Waals surface area contributed by atoms with Crippen molar-refractivity contribution in [1.29, 1.82) is 0 Å². The Morgan fingerprint density at radius 3 is 3.06 bits per heavy atom. The van der Waals surface area contributed by atoms with E-state index in [4.69, 9.17) is 5.11 Å². The summed E-state index contributed by atoms with van der Waals surface area (Å²) in [6.45, 7) is 1.89. The molecule has 1 aliphatic heterocycles. The molecule has 2 N–H and O–H groups in total. The summed E-state index contributed by atoms with van der Waals surface area (Å²) in [6, 6.07) is 0.317. The minimum Gasteiger partial charge on any atom is -0.395 e. The summed E-state index contributed by atoms with van der Waals surface area (Å²) < 4.78 is 0. The lowest BCUT2D eigenvalue weighted by Gasteiger charge is -2.24. The predicted molar refractivity (Wildman–Crippen MR) is 66.0 cm³/mol. The Hall–Kier alpha value is -1.53. The average molecular weight is 250 g/mol. The van der Waals surface area contributed by atoms with Gasteiger partial charge in [-0.3, -0.25) is 9.78 Å². The normalized spacial score (nSPS) is 18.8. The molecule has 2 heterocycles. The molecule has 0 aliphatic carbocycles. The van der Waals surface area contributed by atoms with Gasteiger partial charge < -0.3 is 15.3 Å². The molecule has 1 saturated heterocycles. The zero-order valence-electron chi connectivity index (χ0n) is 10.2. The third kappa shape index (κ3) is 3.24. The van der Waals surface area contributed by atoms with Crippen molar-refractivity contribution in [1.82, 2.24) is 20.2 Å². The van der Waals surface area contributed by atoms with Crippen LogP contribution in [0, 0.1) is 0 Å². The summed E-state index contributed by atoms with van der Waals surface area (Å²) in [5.41, 5.74) is 0.323. The zero-order chi connectivity index (χ0) is 12.8. The van der Waals surface area contributed by atoms with E-state index in [-0.39, 0.29) is 12.5 Å². The average Bonchev–Trinajstić information content (AvgIpc) is 2.91. The fraction of sp³-hybridized carbons (Fsp3) is 0.583. The Balaban J connectivity index is 2.02. The fourth-order valence-electron chi connectivity index (χ4n) is 2.15. The van der Waals surface area contributed by atoms with Crippen LogP contribution in [0.25, 0.3) is 0 Å². The molecule has 0 radical (unpaired) electrons. The quantitative estimate of drug-likeness (QED) is 0.747. The Labute approximate surface area is 106 Å². The Morgan fingerprint density at radius 1 is 1.56 bits per heavy atom. The first-order chi connectivity index (χ1) is 8.81. The molecular weight excluding hydrogens is 232 g/mol. The largest absolute Gasteiger partial charge is 0.395 e. The molecule has 2 rings (SSSR count). The molecule has 1 unspecified atom stereocenters. The Kier molecular flexibility index (Phi) is 4.60. The van der Waals surface area contributed by atoms with Crippen LogP contribution in [0.2, 0.25) is 0 Å². The highest BCUT2D eigenvalue weighted by molar-refractivity contribution is 5.92. The van der Waals surface area contributed by atoms with Crippen molar-refractivity contribution in [3.8, 4) is 0 Å². The number of nitrogens with zero attached hydrogens (tertiary/aromatic N) is 3. The van der Waals surface area contributed by atoms with Gasteiger partial charge in [-0.1, -0.05) is 0 Å². The maximum absolute atomic E-state index is 12.2. The molecule has 0 aromatic carbocycles. The van der Waals surface area contributed by atoms with Crippen LogP contribution in [0.3, 0.4) is 0 Å². The van der Waals surface area contributed by atoms with E-state index >= 15 is 0 Å². The van der Waals surface area contributed by atoms with Gasteiger partial charge in [0.2, 0.25) is 0 Å². The monoisotopic (exact) mass is 250 g/mol. The van der Waals surface area contributed by atoms with Crippen LogP contribution in [0.4, 0.5) is 0 Å². The maximum atomic E-state index is 12.2. The number of carbonyl (C=O) groups excluding carboxylic acids is 1. The highest BCUT2D eigenvalue weighted by atomic mass is 16.3. The molecule has 1 atom stereocenters. The van der Waals surface area contributed by atoms with E-state index < -0.39 is 0 Å². The van der Waals surface area contributed by atoms with Gasteiger partial charge in [-0.25, -0.2) is 4.98 Å². The minimum atomic E-state index is -0.175. The first-order valence-corrected chi connectivity index (χ1v) is 6.21. The first-order valence-electron chi connectivity index (χ1n) is 6.21. The number of rotatable bonds is 5. The topological polar surface area (TPSA) is 78.4 Å². The number of hydrogen-bond acceptors (Lipinski definition) is 5. The molecule has 0 spiro atoms. The first kappa shape index (κ1) is 12.9. The maximum Gasteiger partial charge on any atom is 0.274 e. The molecular formula is C12H18N4O2. The fourth-order valence-corrected chi connectivity index (χ4v) is 2.15. The van der Waals surface area contributed by atoms with Gasteiger partial charge in [0, 0.05) is 31.5 Å². The van der Waals surface area contributed by atoms with E-state index in [0.29, 0.717) is 24.8 Å². The molecule has 1 amide bonds. The van der Waals surface area contributed by atoms with Gasteiger partial charge in [0.1, 0.15) is 5.69 Å². The lowest BCUT2D eigenvalue weighted by atomic mass is 10.2. The molecule has 1 fully saturated rings. The number of amides is 1. The second-order valence-corrected chi connectivity index (χ2v) is 4.36. The molecule has 0 bridgehead atoms. The third-order valence-electron chi connectivity index (χ3n) is 3.04. The molecule has 0 saturated carbocycles. The van der Waals surface area contributed by atoms with Crippen LogP contribution in [0.15, 0.2) is 18.6 Å². The van der Waals surface area contributed by atoms with Crippen LogP contribution >= 0.6 is 0 Å². The van der Waals surface area contributed by atoms with Crippen molar-refractivity contribution in [2.24, 2.45) is 0 Å². The second kappa shape index (κ2) is 6.42. The zero-order valence-corrected chi connectivity index (χ0v) is 10.2. The predicted octanol–water partition coefficient (Wildman–Crippen LogP) is -0.337. The minimum absolute atomic E-state index is 0.0429. The number of aliphatic hydroxyl groups is 1. The Morgan fingerprint density at radius 2 is 2.44 bits per heavy atom. The summed E-state index contributed by atoms with van der Waals surface area (Å²) in [7, 11) is 0. The van der Waals surface area contributed by atoms with Gasteiger partial charge in [0.25, 0.3) is 5.91 Å². The number of hydrogen-bond donors (Lipinski definition) is 2. The SMILES string of the molecule is O=C(c1cnccn1)N(CCO)CC1CCCN1. The number of aromatic nitrogens is 2.